The Balaban J connectivity index is 2.24. The zero-order valence-corrected chi connectivity index (χ0v) is 8.64. The molecule has 0 aliphatic carbocycles. The number of nitrogens with one attached hydrogen (secondary N) is 1. The molecule has 0 amide bonds. The molecule has 1 saturated heterocycles. The highest BCUT2D eigenvalue weighted by Gasteiger charge is 2.19. The van der Waals surface area contributed by atoms with E-state index in [-0.39, 0.29) is 0 Å². The molecule has 1 rings (SSSR count). The summed E-state index contributed by atoms with van der Waals surface area (Å²) in [6.45, 7) is 4.78. The first-order valence-corrected chi connectivity index (χ1v) is 5.08. The van der Waals surface area contributed by atoms with Crippen LogP contribution in [0, 0.1) is 5.92 Å². The molecular formula is C10H22N2. The lowest BCUT2D eigenvalue weighted by atomic mass is 9.93. The minimum Gasteiger partial charge on any atom is -0.314 e. The van der Waals surface area contributed by atoms with Crippen LogP contribution in [0.25, 0.3) is 0 Å². The van der Waals surface area contributed by atoms with E-state index in [1.165, 1.54) is 32.4 Å². The minimum absolute atomic E-state index is 0.765. The first-order valence-electron chi connectivity index (χ1n) is 5.08. The van der Waals surface area contributed by atoms with Gasteiger partial charge in [0.1, 0.15) is 0 Å². The van der Waals surface area contributed by atoms with Crippen molar-refractivity contribution in [1.82, 2.24) is 10.2 Å². The quantitative estimate of drug-likeness (QED) is 0.687. The van der Waals surface area contributed by atoms with E-state index in [4.69, 9.17) is 0 Å². The van der Waals surface area contributed by atoms with Crippen LogP contribution >= 0.6 is 0 Å². The van der Waals surface area contributed by atoms with Crippen LogP contribution in [0.3, 0.4) is 0 Å². The predicted octanol–water partition coefficient (Wildman–Crippen LogP) is 1.33. The smallest absolute Gasteiger partial charge is 0.0105 e. The van der Waals surface area contributed by atoms with Gasteiger partial charge in [-0.2, -0.15) is 0 Å². The molecule has 2 nitrogen and oxygen atoms in total. The summed E-state index contributed by atoms with van der Waals surface area (Å²) in [6, 6.07) is 0.765. The molecule has 0 aromatic rings. The molecule has 0 radical (unpaired) electrons. The van der Waals surface area contributed by atoms with E-state index < -0.39 is 0 Å². The monoisotopic (exact) mass is 170 g/mol. The first kappa shape index (κ1) is 10.0. The van der Waals surface area contributed by atoms with E-state index in [1.54, 1.807) is 0 Å². The van der Waals surface area contributed by atoms with Crippen LogP contribution in [0.4, 0.5) is 0 Å². The van der Waals surface area contributed by atoms with Gasteiger partial charge in [-0.3, -0.25) is 0 Å². The lowest BCUT2D eigenvalue weighted by Crippen LogP contribution is -2.42. The summed E-state index contributed by atoms with van der Waals surface area (Å²) < 4.78 is 0. The summed E-state index contributed by atoms with van der Waals surface area (Å²) in [5.41, 5.74) is 0. The molecule has 1 heterocycles. The highest BCUT2D eigenvalue weighted by atomic mass is 15.1. The molecule has 0 aromatic heterocycles. The zero-order chi connectivity index (χ0) is 8.97. The van der Waals surface area contributed by atoms with E-state index in [0.29, 0.717) is 0 Å². The van der Waals surface area contributed by atoms with Crippen molar-refractivity contribution in [2.75, 3.05) is 27.2 Å². The van der Waals surface area contributed by atoms with Crippen molar-refractivity contribution < 1.29 is 0 Å². The summed E-state index contributed by atoms with van der Waals surface area (Å²) in [5.74, 6) is 0.792. The van der Waals surface area contributed by atoms with Crippen molar-refractivity contribution >= 4 is 0 Å². The van der Waals surface area contributed by atoms with Crippen molar-refractivity contribution in [3.63, 3.8) is 0 Å². The molecule has 2 atom stereocenters. The van der Waals surface area contributed by atoms with E-state index in [9.17, 15) is 0 Å². The van der Waals surface area contributed by atoms with Gasteiger partial charge in [0.2, 0.25) is 0 Å². The van der Waals surface area contributed by atoms with Crippen molar-refractivity contribution in [2.24, 2.45) is 5.92 Å². The zero-order valence-electron chi connectivity index (χ0n) is 8.64. The van der Waals surface area contributed by atoms with Crippen LogP contribution in [-0.2, 0) is 0 Å². The normalized spacial score (nSPS) is 27.5. The molecule has 0 aromatic carbocycles. The molecule has 0 bridgehead atoms. The second-order valence-corrected chi connectivity index (χ2v) is 4.30. The summed E-state index contributed by atoms with van der Waals surface area (Å²) in [6.07, 6.45) is 4.15. The van der Waals surface area contributed by atoms with Gasteiger partial charge in [-0.15, -0.1) is 0 Å². The van der Waals surface area contributed by atoms with Crippen LogP contribution in [0.2, 0.25) is 0 Å². The first-order chi connectivity index (χ1) is 5.70. The summed E-state index contributed by atoms with van der Waals surface area (Å²) in [7, 11) is 4.30. The van der Waals surface area contributed by atoms with Gasteiger partial charge in [0.05, 0.1) is 0 Å². The van der Waals surface area contributed by atoms with Crippen LogP contribution in [0.1, 0.15) is 26.2 Å². The van der Waals surface area contributed by atoms with Crippen molar-refractivity contribution in [1.29, 1.82) is 0 Å². The topological polar surface area (TPSA) is 15.3 Å². The van der Waals surface area contributed by atoms with Gasteiger partial charge < -0.3 is 10.2 Å². The lowest BCUT2D eigenvalue weighted by molar-refractivity contribution is 0.248. The van der Waals surface area contributed by atoms with Gasteiger partial charge in [-0.25, -0.2) is 0 Å². The van der Waals surface area contributed by atoms with Gasteiger partial charge in [-0.05, 0) is 39.4 Å². The third-order valence-electron chi connectivity index (χ3n) is 2.69. The maximum absolute atomic E-state index is 3.60. The highest BCUT2D eigenvalue weighted by Crippen LogP contribution is 2.15. The van der Waals surface area contributed by atoms with Crippen LogP contribution < -0.4 is 5.32 Å². The second kappa shape index (κ2) is 4.83. The Hall–Kier alpha value is -0.0800. The number of hydrogen-bond acceptors (Lipinski definition) is 2. The average Bonchev–Trinajstić information content (AvgIpc) is 2.05. The van der Waals surface area contributed by atoms with E-state index in [0.717, 1.165) is 12.0 Å². The summed E-state index contributed by atoms with van der Waals surface area (Å²) in [4.78, 5) is 2.28. The van der Waals surface area contributed by atoms with Gasteiger partial charge in [0.15, 0.2) is 0 Å². The molecule has 72 valence electrons. The molecular weight excluding hydrogens is 148 g/mol. The van der Waals surface area contributed by atoms with Crippen LogP contribution in [0.5, 0.6) is 0 Å². The Kier molecular flexibility index (Phi) is 4.02. The summed E-state index contributed by atoms with van der Waals surface area (Å²) in [5, 5.41) is 3.60. The fraction of sp³-hybridized carbons (Fsp3) is 1.00. The Morgan fingerprint density at radius 1 is 1.42 bits per heavy atom. The van der Waals surface area contributed by atoms with E-state index >= 15 is 0 Å². The van der Waals surface area contributed by atoms with Crippen molar-refractivity contribution in [3.8, 4) is 0 Å². The fourth-order valence-electron chi connectivity index (χ4n) is 2.07. The maximum Gasteiger partial charge on any atom is 0.0105 e. The molecule has 12 heavy (non-hydrogen) atoms. The maximum atomic E-state index is 3.60. The van der Waals surface area contributed by atoms with Gasteiger partial charge in [0.25, 0.3) is 0 Å². The number of piperidine rings is 1. The second-order valence-electron chi connectivity index (χ2n) is 4.30. The van der Waals surface area contributed by atoms with E-state index in [2.05, 4.69) is 31.2 Å². The van der Waals surface area contributed by atoms with E-state index in [1.807, 2.05) is 0 Å². The van der Waals surface area contributed by atoms with Crippen LogP contribution in [-0.4, -0.2) is 38.1 Å². The van der Waals surface area contributed by atoms with Gasteiger partial charge in [0, 0.05) is 12.6 Å². The molecule has 0 spiro atoms. The van der Waals surface area contributed by atoms with Crippen molar-refractivity contribution in [2.45, 2.75) is 32.2 Å². The molecule has 1 N–H and O–H groups in total. The Labute approximate surface area is 76.3 Å². The molecule has 1 aliphatic rings. The molecule has 0 unspecified atom stereocenters. The standard InChI is InChI=1S/C10H22N2/c1-9(8-12(2)3)10-6-4-5-7-11-10/h9-11H,4-8H2,1-3H3/t9-,10-/m1/s1. The molecule has 1 fully saturated rings. The molecule has 1 aliphatic heterocycles. The van der Waals surface area contributed by atoms with Crippen molar-refractivity contribution in [3.05, 3.63) is 0 Å². The lowest BCUT2D eigenvalue weighted by Gasteiger charge is -2.30. The minimum atomic E-state index is 0.765. The SMILES string of the molecule is C[C@H](CN(C)C)[C@H]1CCCCN1. The largest absolute Gasteiger partial charge is 0.314 e. The average molecular weight is 170 g/mol. The van der Waals surface area contributed by atoms with Gasteiger partial charge >= 0.3 is 0 Å². The number of nitrogens with zero attached hydrogens (tertiary/aromatic N) is 1. The molecule has 0 saturated carbocycles. The summed E-state index contributed by atoms with van der Waals surface area (Å²) >= 11 is 0. The van der Waals surface area contributed by atoms with Crippen LogP contribution in [0.15, 0.2) is 0 Å². The fourth-order valence-corrected chi connectivity index (χ4v) is 2.07. The highest BCUT2D eigenvalue weighted by molar-refractivity contribution is 4.78. The third-order valence-corrected chi connectivity index (χ3v) is 2.69. The number of hydrogen-bond donors (Lipinski definition) is 1. The van der Waals surface area contributed by atoms with Gasteiger partial charge in [-0.1, -0.05) is 13.3 Å². The third kappa shape index (κ3) is 3.11. The number of rotatable bonds is 3. The Morgan fingerprint density at radius 2 is 2.17 bits per heavy atom. The Bertz CT molecular complexity index is 117. The Morgan fingerprint density at radius 3 is 2.67 bits per heavy atom. The molecule has 2 heteroatoms. The predicted molar refractivity (Wildman–Crippen MR) is 53.4 cm³/mol.